The summed E-state index contributed by atoms with van der Waals surface area (Å²) in [4.78, 5) is 35.2. The summed E-state index contributed by atoms with van der Waals surface area (Å²) in [5, 5.41) is 9.86. The van der Waals surface area contributed by atoms with Crippen LogP contribution in [0, 0.1) is 0 Å². The van der Waals surface area contributed by atoms with Crippen LogP contribution in [0.2, 0.25) is 0 Å². The Kier molecular flexibility index (Phi) is 31.2. The van der Waals surface area contributed by atoms with E-state index in [2.05, 4.69) is 32.1 Å². The highest BCUT2D eigenvalue weighted by Gasteiger charge is 2.27. The summed E-state index contributed by atoms with van der Waals surface area (Å²) in [5.74, 6) is -0.870. The normalized spacial score (nSPS) is 14.9. The molecule has 0 aliphatic rings. The predicted molar refractivity (Wildman–Crippen MR) is 207 cm³/mol. The molecule has 0 saturated heterocycles. The van der Waals surface area contributed by atoms with Gasteiger partial charge in [-0.05, 0) is 57.8 Å². The third-order valence-electron chi connectivity index (χ3n) is 7.92. The molecule has 0 aliphatic heterocycles. The van der Waals surface area contributed by atoms with Gasteiger partial charge in [-0.3, -0.25) is 18.6 Å². The van der Waals surface area contributed by atoms with E-state index in [1.54, 1.807) is 6.08 Å². The molecule has 0 saturated carbocycles. The zero-order chi connectivity index (χ0) is 38.1. The Hall–Kier alpha value is -2.07. The number of carbonyl (C=O) groups excluding carboxylic acids is 2. The number of phosphoric acid groups is 1. The quantitative estimate of drug-likeness (QED) is 0.0166. The van der Waals surface area contributed by atoms with E-state index in [-0.39, 0.29) is 26.1 Å². The van der Waals surface area contributed by atoms with Crippen LogP contribution in [0.4, 0.5) is 0 Å². The van der Waals surface area contributed by atoms with Gasteiger partial charge in [0.15, 0.2) is 6.10 Å². The Morgan fingerprint density at radius 1 is 0.706 bits per heavy atom. The van der Waals surface area contributed by atoms with Crippen molar-refractivity contribution in [2.75, 3.05) is 47.5 Å². The van der Waals surface area contributed by atoms with Gasteiger partial charge in [0.1, 0.15) is 19.8 Å². The number of aliphatic hydroxyl groups is 1. The fourth-order valence-electron chi connectivity index (χ4n) is 4.79. The molecule has 0 aromatic carbocycles. The first-order valence-electron chi connectivity index (χ1n) is 19.5. The number of rotatable bonds is 34. The van der Waals surface area contributed by atoms with Gasteiger partial charge in [-0.25, -0.2) is 4.57 Å². The van der Waals surface area contributed by atoms with Crippen LogP contribution in [0.3, 0.4) is 0 Å². The van der Waals surface area contributed by atoms with Crippen LogP contribution >= 0.6 is 7.82 Å². The van der Waals surface area contributed by atoms with Gasteiger partial charge in [-0.2, -0.15) is 0 Å². The number of hydrogen-bond donors (Lipinski definition) is 2. The van der Waals surface area contributed by atoms with Crippen molar-refractivity contribution in [1.82, 2.24) is 0 Å². The van der Waals surface area contributed by atoms with Gasteiger partial charge in [-0.15, -0.1) is 0 Å². The summed E-state index contributed by atoms with van der Waals surface area (Å²) >= 11 is 0. The Morgan fingerprint density at radius 2 is 1.29 bits per heavy atom. The first-order chi connectivity index (χ1) is 24.4. The molecular formula is C40H73NO9P+. The van der Waals surface area contributed by atoms with E-state index >= 15 is 0 Å². The molecular weight excluding hydrogens is 669 g/mol. The molecule has 2 unspecified atom stereocenters. The van der Waals surface area contributed by atoms with Crippen LogP contribution in [0.1, 0.15) is 136 Å². The highest BCUT2D eigenvalue weighted by molar-refractivity contribution is 7.47. The van der Waals surface area contributed by atoms with E-state index in [0.29, 0.717) is 30.3 Å². The Balaban J connectivity index is 4.50. The number of ether oxygens (including phenoxy) is 2. The summed E-state index contributed by atoms with van der Waals surface area (Å²) in [7, 11) is 1.42. The molecule has 0 spiro atoms. The summed E-state index contributed by atoms with van der Waals surface area (Å²) in [6.45, 7) is 4.09. The number of aliphatic hydroxyl groups excluding tert-OH is 1. The van der Waals surface area contributed by atoms with Gasteiger partial charge in [0, 0.05) is 12.8 Å². The minimum atomic E-state index is -4.39. The molecule has 0 amide bonds. The van der Waals surface area contributed by atoms with Crippen LogP contribution in [0.5, 0.6) is 0 Å². The lowest BCUT2D eigenvalue weighted by atomic mass is 10.1. The average Bonchev–Trinajstić information content (AvgIpc) is 3.06. The van der Waals surface area contributed by atoms with Crippen LogP contribution in [-0.4, -0.2) is 86.1 Å². The molecule has 0 fully saturated rings. The maximum absolute atomic E-state index is 12.6. The van der Waals surface area contributed by atoms with Crippen LogP contribution in [0.25, 0.3) is 0 Å². The monoisotopic (exact) mass is 743 g/mol. The summed E-state index contributed by atoms with van der Waals surface area (Å²) < 4.78 is 34.1. The molecule has 0 aromatic heterocycles. The molecule has 2 N–H and O–H groups in total. The second-order valence-corrected chi connectivity index (χ2v) is 15.6. The number of likely N-dealkylation sites (N-methyl/N-ethyl adjacent to an activating group) is 1. The number of phosphoric ester groups is 1. The van der Waals surface area contributed by atoms with Crippen molar-refractivity contribution in [1.29, 1.82) is 0 Å². The molecule has 296 valence electrons. The molecule has 0 bridgehead atoms. The Morgan fingerprint density at radius 3 is 1.92 bits per heavy atom. The zero-order valence-electron chi connectivity index (χ0n) is 32.7. The number of quaternary nitrogens is 1. The van der Waals surface area contributed by atoms with Crippen molar-refractivity contribution in [2.24, 2.45) is 0 Å². The van der Waals surface area contributed by atoms with Gasteiger partial charge in [0.05, 0.1) is 33.9 Å². The molecule has 0 radical (unpaired) electrons. The van der Waals surface area contributed by atoms with Crippen molar-refractivity contribution in [3.8, 4) is 0 Å². The average molecular weight is 743 g/mol. The van der Waals surface area contributed by atoms with E-state index in [1.807, 2.05) is 45.4 Å². The second-order valence-electron chi connectivity index (χ2n) is 14.1. The van der Waals surface area contributed by atoms with E-state index in [1.165, 1.54) is 12.8 Å². The largest absolute Gasteiger partial charge is 0.472 e. The third-order valence-corrected chi connectivity index (χ3v) is 8.91. The fourth-order valence-corrected chi connectivity index (χ4v) is 5.53. The highest BCUT2D eigenvalue weighted by Crippen LogP contribution is 2.43. The lowest BCUT2D eigenvalue weighted by Crippen LogP contribution is -2.37. The van der Waals surface area contributed by atoms with Crippen molar-refractivity contribution in [3.63, 3.8) is 0 Å². The first kappa shape index (κ1) is 48.9. The minimum Gasteiger partial charge on any atom is -0.462 e. The number of allylic oxidation sites excluding steroid dienone is 6. The van der Waals surface area contributed by atoms with Crippen LogP contribution < -0.4 is 0 Å². The molecule has 11 heteroatoms. The zero-order valence-corrected chi connectivity index (χ0v) is 33.6. The first-order valence-corrected chi connectivity index (χ1v) is 21.0. The number of hydrogen-bond acceptors (Lipinski definition) is 8. The topological polar surface area (TPSA) is 129 Å². The highest BCUT2D eigenvalue weighted by atomic mass is 31.2. The van der Waals surface area contributed by atoms with Gasteiger partial charge >= 0.3 is 19.8 Å². The number of nitrogens with zero attached hydrogens (tertiary/aromatic N) is 1. The SMILES string of the molecule is CC/C=C/CC(O)/C=C/C=C/CCCCCCCC(=O)OC[C@H](COP(=O)(O)OCC[N+](C)(C)C)OC(=O)CCCCCCC/C=C\CCCC. The maximum Gasteiger partial charge on any atom is 0.472 e. The molecule has 3 atom stereocenters. The molecule has 0 aromatic rings. The Labute approximate surface area is 310 Å². The standard InChI is InChI=1S/C40H72NO9P/c1-6-8-10-11-12-13-14-17-21-24-28-32-40(44)50-38(36-49-51(45,46)48-34-33-41(3,4)5)35-47-39(43)31-27-23-20-18-15-16-19-22-26-30-37(42)29-25-9-7-2/h9,11-12,19,22,25-26,30,37-38,42H,6-8,10,13-18,20-21,23-24,27-29,31-36H2,1-5H3/p+1/b12-11-,22-19+,25-9+,30-26+/t37?,38-/m1/s1. The van der Waals surface area contributed by atoms with Crippen LogP contribution in [-0.2, 0) is 32.7 Å². The third kappa shape index (κ3) is 36.1. The summed E-state index contributed by atoms with van der Waals surface area (Å²) in [5.41, 5.74) is 0. The summed E-state index contributed by atoms with van der Waals surface area (Å²) in [6.07, 6.45) is 32.1. The molecule has 0 rings (SSSR count). The van der Waals surface area contributed by atoms with E-state index < -0.39 is 38.6 Å². The van der Waals surface area contributed by atoms with Gasteiger partial charge in [-0.1, -0.05) is 114 Å². The number of unbranched alkanes of at least 4 members (excludes halogenated alkanes) is 12. The fraction of sp³-hybridized carbons (Fsp3) is 0.750. The molecule has 0 aliphatic carbocycles. The smallest absolute Gasteiger partial charge is 0.462 e. The van der Waals surface area contributed by atoms with E-state index in [4.69, 9.17) is 18.5 Å². The maximum atomic E-state index is 12.6. The van der Waals surface area contributed by atoms with E-state index in [0.717, 1.165) is 77.0 Å². The number of carbonyl (C=O) groups is 2. The second kappa shape index (κ2) is 32.6. The summed E-state index contributed by atoms with van der Waals surface area (Å²) in [6, 6.07) is 0. The minimum absolute atomic E-state index is 0.0162. The molecule has 51 heavy (non-hydrogen) atoms. The van der Waals surface area contributed by atoms with Crippen molar-refractivity contribution in [2.45, 2.75) is 148 Å². The van der Waals surface area contributed by atoms with Crippen molar-refractivity contribution >= 4 is 19.8 Å². The lowest BCUT2D eigenvalue weighted by molar-refractivity contribution is -0.870. The van der Waals surface area contributed by atoms with Gasteiger partial charge in [0.2, 0.25) is 0 Å². The Bertz CT molecular complexity index is 1040. The van der Waals surface area contributed by atoms with E-state index in [9.17, 15) is 24.2 Å². The molecule has 10 nitrogen and oxygen atoms in total. The molecule has 0 heterocycles. The van der Waals surface area contributed by atoms with Crippen molar-refractivity contribution in [3.05, 3.63) is 48.6 Å². The number of esters is 2. The predicted octanol–water partition coefficient (Wildman–Crippen LogP) is 9.32. The van der Waals surface area contributed by atoms with Gasteiger partial charge < -0.3 is 24.0 Å². The van der Waals surface area contributed by atoms with Crippen LogP contribution in [0.15, 0.2) is 48.6 Å². The van der Waals surface area contributed by atoms with Crippen molar-refractivity contribution < 1.29 is 47.2 Å². The van der Waals surface area contributed by atoms with Gasteiger partial charge in [0.25, 0.3) is 0 Å². The lowest BCUT2D eigenvalue weighted by Gasteiger charge is -2.24.